The first kappa shape index (κ1) is 21.5. The van der Waals surface area contributed by atoms with Crippen LogP contribution in [-0.2, 0) is 15.8 Å². The predicted octanol–water partition coefficient (Wildman–Crippen LogP) is 3.35. The molecule has 2 aromatic carbocycles. The molecule has 8 heteroatoms. The van der Waals surface area contributed by atoms with Gasteiger partial charge >= 0.3 is 0 Å². The quantitative estimate of drug-likeness (QED) is 0.543. The largest absolute Gasteiger partial charge is 0.322 e. The average molecular weight is 425 g/mol. The number of aromatic nitrogens is 2. The number of aryl methyl sites for hydroxylation is 1. The van der Waals surface area contributed by atoms with Gasteiger partial charge in [-0.25, -0.2) is 17.8 Å². The third-order valence-corrected chi connectivity index (χ3v) is 5.93. The summed E-state index contributed by atoms with van der Waals surface area (Å²) in [6, 6.07) is 14.5. The third-order valence-electron chi connectivity index (χ3n) is 4.61. The maximum absolute atomic E-state index is 12.7. The van der Waals surface area contributed by atoms with Crippen LogP contribution in [0, 0.1) is 13.8 Å². The summed E-state index contributed by atoms with van der Waals surface area (Å²) < 4.78 is 28.1. The molecule has 0 aliphatic carbocycles. The first-order valence-corrected chi connectivity index (χ1v) is 11.0. The highest BCUT2D eigenvalue weighted by molar-refractivity contribution is 7.88. The topological polar surface area (TPSA) is 93.1 Å². The van der Waals surface area contributed by atoms with Gasteiger partial charge in [0.2, 0.25) is 10.0 Å². The van der Waals surface area contributed by atoms with Crippen molar-refractivity contribution in [2.75, 3.05) is 11.9 Å². The summed E-state index contributed by atoms with van der Waals surface area (Å²) in [5, 5.41) is 7.20. The van der Waals surface area contributed by atoms with Gasteiger partial charge in [0.1, 0.15) is 0 Å². The normalized spacial score (nSPS) is 11.3. The van der Waals surface area contributed by atoms with Gasteiger partial charge in [0, 0.05) is 12.2 Å². The zero-order chi connectivity index (χ0) is 21.7. The van der Waals surface area contributed by atoms with Crippen molar-refractivity contribution in [3.05, 3.63) is 89.8 Å². The van der Waals surface area contributed by atoms with Crippen LogP contribution in [0.3, 0.4) is 0 Å². The van der Waals surface area contributed by atoms with E-state index in [-0.39, 0.29) is 18.2 Å². The van der Waals surface area contributed by atoms with Crippen LogP contribution in [0.25, 0.3) is 5.69 Å². The molecule has 0 fully saturated rings. The zero-order valence-electron chi connectivity index (χ0n) is 16.9. The van der Waals surface area contributed by atoms with Gasteiger partial charge in [0.15, 0.2) is 0 Å². The van der Waals surface area contributed by atoms with E-state index in [0.29, 0.717) is 16.8 Å². The third kappa shape index (κ3) is 5.03. The number of hydrogen-bond acceptors (Lipinski definition) is 4. The van der Waals surface area contributed by atoms with E-state index in [1.54, 1.807) is 35.1 Å². The number of carbonyl (C=O) groups excluding carboxylic acids is 1. The Morgan fingerprint density at radius 1 is 1.13 bits per heavy atom. The summed E-state index contributed by atoms with van der Waals surface area (Å²) in [6.45, 7) is 7.51. The molecule has 0 spiro atoms. The molecule has 0 radical (unpaired) electrons. The fourth-order valence-corrected chi connectivity index (χ4v) is 4.12. The summed E-state index contributed by atoms with van der Waals surface area (Å²) in [5.41, 5.74) is 4.38. The summed E-state index contributed by atoms with van der Waals surface area (Å²) in [7, 11) is -3.43. The Labute approximate surface area is 176 Å². The molecule has 0 saturated heterocycles. The Morgan fingerprint density at radius 2 is 1.83 bits per heavy atom. The van der Waals surface area contributed by atoms with Gasteiger partial charge in [-0.15, -0.1) is 6.58 Å². The van der Waals surface area contributed by atoms with Crippen LogP contribution in [0.4, 0.5) is 5.69 Å². The summed E-state index contributed by atoms with van der Waals surface area (Å²) in [5.74, 6) is -0.419. The number of nitrogens with one attached hydrogen (secondary N) is 2. The number of anilines is 1. The van der Waals surface area contributed by atoms with Crippen molar-refractivity contribution < 1.29 is 13.2 Å². The molecule has 0 unspecified atom stereocenters. The molecule has 3 rings (SSSR count). The van der Waals surface area contributed by atoms with E-state index in [1.807, 2.05) is 38.1 Å². The lowest BCUT2D eigenvalue weighted by Crippen LogP contribution is -2.25. The highest BCUT2D eigenvalue weighted by Crippen LogP contribution is 2.19. The number of hydrogen-bond donors (Lipinski definition) is 2. The number of para-hydroxylation sites is 1. The molecule has 0 saturated carbocycles. The predicted molar refractivity (Wildman–Crippen MR) is 118 cm³/mol. The molecule has 0 aliphatic rings. The van der Waals surface area contributed by atoms with Crippen LogP contribution in [0.1, 0.15) is 27.2 Å². The zero-order valence-corrected chi connectivity index (χ0v) is 17.7. The van der Waals surface area contributed by atoms with Crippen molar-refractivity contribution in [3.63, 3.8) is 0 Å². The van der Waals surface area contributed by atoms with Crippen molar-refractivity contribution >= 4 is 21.6 Å². The number of benzene rings is 2. The van der Waals surface area contributed by atoms with Crippen LogP contribution >= 0.6 is 0 Å². The van der Waals surface area contributed by atoms with Crippen molar-refractivity contribution in [1.29, 1.82) is 0 Å². The number of rotatable bonds is 8. The second-order valence-electron chi connectivity index (χ2n) is 6.89. The van der Waals surface area contributed by atoms with Crippen LogP contribution in [0.2, 0.25) is 0 Å². The van der Waals surface area contributed by atoms with E-state index in [0.717, 1.165) is 16.9 Å². The molecular weight excluding hydrogens is 400 g/mol. The SMILES string of the molecule is C=CCNS(=O)(=O)Cc1ccc(NC(=O)c2cnn(-c3ccccc3C)c2C)cc1. The maximum Gasteiger partial charge on any atom is 0.259 e. The van der Waals surface area contributed by atoms with Crippen molar-refractivity contribution in [3.8, 4) is 5.69 Å². The molecular formula is C22H24N4O3S. The minimum absolute atomic E-state index is 0.141. The lowest BCUT2D eigenvalue weighted by Gasteiger charge is -2.09. The Hall–Kier alpha value is -3.23. The molecule has 1 aromatic heterocycles. The van der Waals surface area contributed by atoms with Gasteiger partial charge in [-0.05, 0) is 43.2 Å². The number of carbonyl (C=O) groups is 1. The number of amides is 1. The average Bonchev–Trinajstić information content (AvgIpc) is 3.09. The molecule has 2 N–H and O–H groups in total. The van der Waals surface area contributed by atoms with E-state index >= 15 is 0 Å². The van der Waals surface area contributed by atoms with Crippen LogP contribution in [0.5, 0.6) is 0 Å². The molecule has 7 nitrogen and oxygen atoms in total. The lowest BCUT2D eigenvalue weighted by atomic mass is 10.2. The minimum Gasteiger partial charge on any atom is -0.322 e. The molecule has 1 heterocycles. The van der Waals surface area contributed by atoms with Crippen LogP contribution in [0.15, 0.2) is 67.4 Å². The highest BCUT2D eigenvalue weighted by Gasteiger charge is 2.16. The lowest BCUT2D eigenvalue weighted by molar-refractivity contribution is 0.102. The highest BCUT2D eigenvalue weighted by atomic mass is 32.2. The summed E-state index contributed by atoms with van der Waals surface area (Å²) in [6.07, 6.45) is 3.03. The number of sulfonamides is 1. The Morgan fingerprint density at radius 3 is 2.50 bits per heavy atom. The van der Waals surface area contributed by atoms with Crippen molar-refractivity contribution in [1.82, 2.24) is 14.5 Å². The van der Waals surface area contributed by atoms with Gasteiger partial charge in [-0.3, -0.25) is 4.79 Å². The van der Waals surface area contributed by atoms with E-state index < -0.39 is 10.0 Å². The first-order valence-electron chi connectivity index (χ1n) is 9.40. The van der Waals surface area contributed by atoms with Gasteiger partial charge in [-0.1, -0.05) is 36.4 Å². The molecule has 0 atom stereocenters. The molecule has 0 aliphatic heterocycles. The monoisotopic (exact) mass is 424 g/mol. The van der Waals surface area contributed by atoms with E-state index in [2.05, 4.69) is 21.7 Å². The van der Waals surface area contributed by atoms with Gasteiger partial charge in [0.05, 0.1) is 28.9 Å². The maximum atomic E-state index is 12.7. The van der Waals surface area contributed by atoms with E-state index in [9.17, 15) is 13.2 Å². The van der Waals surface area contributed by atoms with Crippen molar-refractivity contribution in [2.45, 2.75) is 19.6 Å². The molecule has 156 valence electrons. The molecule has 3 aromatic rings. The van der Waals surface area contributed by atoms with Crippen LogP contribution in [-0.4, -0.2) is 30.7 Å². The standard InChI is InChI=1S/C22H24N4O3S/c1-4-13-24-30(28,29)15-18-9-11-19(12-10-18)25-22(27)20-14-23-26(17(20)3)21-8-6-5-7-16(21)2/h4-12,14,24H,1,13,15H2,2-3H3,(H,25,27). The molecule has 1 amide bonds. The second-order valence-corrected chi connectivity index (χ2v) is 8.70. The summed E-state index contributed by atoms with van der Waals surface area (Å²) >= 11 is 0. The van der Waals surface area contributed by atoms with E-state index in [1.165, 1.54) is 6.08 Å². The Kier molecular flexibility index (Phi) is 6.49. The van der Waals surface area contributed by atoms with Crippen molar-refractivity contribution in [2.24, 2.45) is 0 Å². The fraction of sp³-hybridized carbons (Fsp3) is 0.182. The van der Waals surface area contributed by atoms with Crippen LogP contribution < -0.4 is 10.0 Å². The smallest absolute Gasteiger partial charge is 0.259 e. The number of nitrogens with zero attached hydrogens (tertiary/aromatic N) is 2. The Balaban J connectivity index is 1.71. The fourth-order valence-electron chi connectivity index (χ4n) is 3.02. The van der Waals surface area contributed by atoms with E-state index in [4.69, 9.17) is 0 Å². The molecule has 0 bridgehead atoms. The minimum atomic E-state index is -3.43. The first-order chi connectivity index (χ1) is 14.3. The second kappa shape index (κ2) is 9.06. The Bertz CT molecular complexity index is 1170. The summed E-state index contributed by atoms with van der Waals surface area (Å²) in [4.78, 5) is 12.7. The van der Waals surface area contributed by atoms with Gasteiger partial charge in [-0.2, -0.15) is 5.10 Å². The van der Waals surface area contributed by atoms with Gasteiger partial charge < -0.3 is 5.32 Å². The van der Waals surface area contributed by atoms with Gasteiger partial charge in [0.25, 0.3) is 5.91 Å². The molecule has 30 heavy (non-hydrogen) atoms.